The van der Waals surface area contributed by atoms with Gasteiger partial charge < -0.3 is 24.3 Å². The molecular formula is C17H21NO6. The highest BCUT2D eigenvalue weighted by Gasteiger charge is 2.55. The van der Waals surface area contributed by atoms with Crippen LogP contribution in [0.1, 0.15) is 26.3 Å². The van der Waals surface area contributed by atoms with Crippen LogP contribution in [0.5, 0.6) is 11.5 Å². The largest absolute Gasteiger partial charge is 0.497 e. The number of esters is 1. The maximum absolute atomic E-state index is 12.8. The van der Waals surface area contributed by atoms with Crippen LogP contribution in [0.2, 0.25) is 0 Å². The number of nitrogens with one attached hydrogen (secondary N) is 1. The van der Waals surface area contributed by atoms with Crippen LogP contribution in [-0.4, -0.2) is 32.1 Å². The second-order valence-electron chi connectivity index (χ2n) is 5.81. The second kappa shape index (κ2) is 6.90. The molecule has 0 saturated heterocycles. The number of carbonyl (C=O) groups excluding carboxylic acids is 3. The molecule has 130 valence electrons. The molecule has 7 nitrogen and oxygen atoms in total. The quantitative estimate of drug-likeness (QED) is 0.632. The van der Waals surface area contributed by atoms with Crippen LogP contribution in [-0.2, 0) is 19.9 Å². The summed E-state index contributed by atoms with van der Waals surface area (Å²) >= 11 is 0. The number of aldehydes is 1. The second-order valence-corrected chi connectivity index (χ2v) is 5.81. The summed E-state index contributed by atoms with van der Waals surface area (Å²) in [5.41, 5.74) is -1.32. The molecule has 2 rings (SSSR count). The molecule has 0 bridgehead atoms. The molecule has 0 aliphatic carbocycles. The van der Waals surface area contributed by atoms with Gasteiger partial charge in [0.1, 0.15) is 17.8 Å². The summed E-state index contributed by atoms with van der Waals surface area (Å²) in [6, 6.07) is 4.71. The highest BCUT2D eigenvalue weighted by atomic mass is 16.6. The van der Waals surface area contributed by atoms with Crippen molar-refractivity contribution in [1.29, 1.82) is 0 Å². The Bertz CT molecular complexity index is 656. The predicted octanol–water partition coefficient (Wildman–Crippen LogP) is 2.03. The third-order valence-electron chi connectivity index (χ3n) is 4.08. The van der Waals surface area contributed by atoms with E-state index < -0.39 is 23.5 Å². The zero-order valence-electron chi connectivity index (χ0n) is 14.1. The molecular weight excluding hydrogens is 314 g/mol. The molecule has 0 saturated carbocycles. The maximum atomic E-state index is 12.8. The molecule has 0 fully saturated rings. The number of carbonyl (C=O) groups is 3. The third kappa shape index (κ3) is 2.81. The molecule has 1 heterocycles. The molecule has 2 atom stereocenters. The monoisotopic (exact) mass is 335 g/mol. The molecule has 0 radical (unpaired) electrons. The van der Waals surface area contributed by atoms with Gasteiger partial charge in [-0.3, -0.25) is 0 Å². The number of rotatable bonds is 6. The Balaban J connectivity index is 2.76. The summed E-state index contributed by atoms with van der Waals surface area (Å²) in [5.74, 6) is -1.11. The van der Waals surface area contributed by atoms with Crippen molar-refractivity contribution in [2.45, 2.75) is 26.3 Å². The zero-order chi connectivity index (χ0) is 17.9. The molecule has 24 heavy (non-hydrogen) atoms. The van der Waals surface area contributed by atoms with E-state index in [0.717, 1.165) is 0 Å². The number of hydrogen-bond acceptors (Lipinski definition) is 6. The lowest BCUT2D eigenvalue weighted by molar-refractivity contribution is -0.157. The van der Waals surface area contributed by atoms with Gasteiger partial charge in [-0.15, -0.1) is 0 Å². The van der Waals surface area contributed by atoms with Crippen LogP contribution in [0.4, 0.5) is 4.79 Å². The van der Waals surface area contributed by atoms with E-state index in [1.54, 1.807) is 32.9 Å². The summed E-state index contributed by atoms with van der Waals surface area (Å²) in [7, 11) is 1.48. The van der Waals surface area contributed by atoms with E-state index in [4.69, 9.17) is 14.2 Å². The van der Waals surface area contributed by atoms with Crippen molar-refractivity contribution in [3.05, 3.63) is 23.8 Å². The molecule has 7 heteroatoms. The Labute approximate surface area is 140 Å². The molecule has 0 spiro atoms. The Morgan fingerprint density at radius 2 is 2.12 bits per heavy atom. The van der Waals surface area contributed by atoms with Crippen molar-refractivity contribution >= 4 is 18.3 Å². The van der Waals surface area contributed by atoms with Crippen molar-refractivity contribution in [1.82, 2.24) is 5.32 Å². The number of amides is 1. The van der Waals surface area contributed by atoms with Crippen LogP contribution >= 0.6 is 0 Å². The van der Waals surface area contributed by atoms with Gasteiger partial charge in [-0.25, -0.2) is 9.59 Å². The van der Waals surface area contributed by atoms with Gasteiger partial charge in [-0.05, 0) is 31.0 Å². The standard InChI is InChI=1S/C17H21NO6/c1-5-23-15(20)17(13(9-19)10(2)3)12-8-11(22-4)6-7-14(12)24-16(21)18-17/h6-10,13H,5H2,1-4H3,(H,18,21)/t13-,17-/m0/s1. The van der Waals surface area contributed by atoms with E-state index in [9.17, 15) is 14.4 Å². The lowest BCUT2D eigenvalue weighted by Crippen LogP contribution is -2.62. The van der Waals surface area contributed by atoms with Crippen LogP contribution in [0.3, 0.4) is 0 Å². The SMILES string of the molecule is CCOC(=O)[C@]1([C@@H](C=O)C(C)C)NC(=O)Oc2ccc(OC)cc21. The normalized spacial score (nSPS) is 20.5. The molecule has 1 aromatic carbocycles. The number of hydrogen-bond donors (Lipinski definition) is 1. The number of fused-ring (bicyclic) bond motifs is 1. The summed E-state index contributed by atoms with van der Waals surface area (Å²) < 4.78 is 15.6. The Morgan fingerprint density at radius 1 is 1.42 bits per heavy atom. The molecule has 1 aliphatic heterocycles. The fraction of sp³-hybridized carbons (Fsp3) is 0.471. The van der Waals surface area contributed by atoms with Gasteiger partial charge in [0.2, 0.25) is 0 Å². The van der Waals surface area contributed by atoms with Gasteiger partial charge >= 0.3 is 12.1 Å². The summed E-state index contributed by atoms with van der Waals surface area (Å²) in [5, 5.41) is 2.53. The minimum absolute atomic E-state index is 0.111. The minimum Gasteiger partial charge on any atom is -0.497 e. The molecule has 1 aromatic rings. The van der Waals surface area contributed by atoms with Crippen molar-refractivity contribution < 1.29 is 28.6 Å². The van der Waals surface area contributed by atoms with E-state index >= 15 is 0 Å². The first-order valence-electron chi connectivity index (χ1n) is 7.71. The van der Waals surface area contributed by atoms with E-state index in [1.807, 2.05) is 0 Å². The highest BCUT2D eigenvalue weighted by Crippen LogP contribution is 2.43. The van der Waals surface area contributed by atoms with Gasteiger partial charge in [0.15, 0.2) is 5.54 Å². The number of ether oxygens (including phenoxy) is 3. The van der Waals surface area contributed by atoms with E-state index in [1.165, 1.54) is 13.2 Å². The first-order chi connectivity index (χ1) is 11.4. The molecule has 0 unspecified atom stereocenters. The Kier molecular flexibility index (Phi) is 5.11. The zero-order valence-corrected chi connectivity index (χ0v) is 14.1. The van der Waals surface area contributed by atoms with Crippen LogP contribution < -0.4 is 14.8 Å². The van der Waals surface area contributed by atoms with Crippen molar-refractivity contribution in [3.8, 4) is 11.5 Å². The number of methoxy groups -OCH3 is 1. The van der Waals surface area contributed by atoms with Gasteiger partial charge in [0.25, 0.3) is 0 Å². The van der Waals surface area contributed by atoms with E-state index in [0.29, 0.717) is 17.6 Å². The lowest BCUT2D eigenvalue weighted by Gasteiger charge is -2.41. The van der Waals surface area contributed by atoms with E-state index in [2.05, 4.69) is 5.32 Å². The van der Waals surface area contributed by atoms with Crippen LogP contribution in [0.15, 0.2) is 18.2 Å². The van der Waals surface area contributed by atoms with Crippen LogP contribution in [0.25, 0.3) is 0 Å². The summed E-state index contributed by atoms with van der Waals surface area (Å²) in [6.07, 6.45) is -0.149. The smallest absolute Gasteiger partial charge is 0.413 e. The Morgan fingerprint density at radius 3 is 2.67 bits per heavy atom. The first kappa shape index (κ1) is 17.8. The third-order valence-corrected chi connectivity index (χ3v) is 4.08. The topological polar surface area (TPSA) is 90.9 Å². The average Bonchev–Trinajstić information content (AvgIpc) is 2.54. The molecule has 1 aliphatic rings. The van der Waals surface area contributed by atoms with Crippen LogP contribution in [0, 0.1) is 11.8 Å². The Hall–Kier alpha value is -2.57. The summed E-state index contributed by atoms with van der Waals surface area (Å²) in [6.45, 7) is 5.35. The van der Waals surface area contributed by atoms with Gasteiger partial charge in [0, 0.05) is 5.56 Å². The minimum atomic E-state index is -1.66. The molecule has 1 amide bonds. The predicted molar refractivity (Wildman–Crippen MR) is 84.9 cm³/mol. The van der Waals surface area contributed by atoms with E-state index in [-0.39, 0.29) is 18.3 Å². The fourth-order valence-electron chi connectivity index (χ4n) is 2.95. The molecule has 1 N–H and O–H groups in total. The van der Waals surface area contributed by atoms with Crippen molar-refractivity contribution in [2.75, 3.05) is 13.7 Å². The summed E-state index contributed by atoms with van der Waals surface area (Å²) in [4.78, 5) is 36.7. The lowest BCUT2D eigenvalue weighted by atomic mass is 9.72. The van der Waals surface area contributed by atoms with Gasteiger partial charge in [-0.1, -0.05) is 13.8 Å². The van der Waals surface area contributed by atoms with Crippen molar-refractivity contribution in [3.63, 3.8) is 0 Å². The first-order valence-corrected chi connectivity index (χ1v) is 7.71. The van der Waals surface area contributed by atoms with Gasteiger partial charge in [0.05, 0.1) is 19.6 Å². The number of benzene rings is 1. The van der Waals surface area contributed by atoms with Gasteiger partial charge in [-0.2, -0.15) is 0 Å². The fourth-order valence-corrected chi connectivity index (χ4v) is 2.95. The molecule has 0 aromatic heterocycles. The highest BCUT2D eigenvalue weighted by molar-refractivity contribution is 5.94. The van der Waals surface area contributed by atoms with Crippen molar-refractivity contribution in [2.24, 2.45) is 11.8 Å². The average molecular weight is 335 g/mol. The maximum Gasteiger partial charge on any atom is 0.413 e.